The van der Waals surface area contributed by atoms with Gasteiger partial charge in [0.2, 0.25) is 0 Å². The van der Waals surface area contributed by atoms with Crippen LogP contribution >= 0.6 is 0 Å². The fraction of sp³-hybridized carbons (Fsp3) is 0.250. The maximum Gasteiger partial charge on any atom is 0.278 e. The summed E-state index contributed by atoms with van der Waals surface area (Å²) in [5.41, 5.74) is -0.673. The number of rotatable bonds is 3. The van der Waals surface area contributed by atoms with Crippen LogP contribution in [0.15, 0.2) is 12.1 Å². The summed E-state index contributed by atoms with van der Waals surface area (Å²) in [5.74, 6) is 2.36. The van der Waals surface area contributed by atoms with Crippen LogP contribution < -0.4 is 5.90 Å². The van der Waals surface area contributed by atoms with E-state index in [-0.39, 0.29) is 5.56 Å². The number of hydrogen-bond acceptors (Lipinski definition) is 4. The van der Waals surface area contributed by atoms with Crippen molar-refractivity contribution >= 4 is 5.69 Å². The van der Waals surface area contributed by atoms with Crippen LogP contribution in [0.2, 0.25) is 0 Å². The molecule has 1 rings (SSSR count). The maximum atomic E-state index is 12.8. The number of nitrogens with two attached hydrogens (primary N) is 1. The molecule has 0 spiro atoms. The largest absolute Gasteiger partial charge is 0.297 e. The van der Waals surface area contributed by atoms with Gasteiger partial charge in [-0.25, -0.2) is 14.7 Å². The second kappa shape index (κ2) is 4.28. The van der Waals surface area contributed by atoms with Gasteiger partial charge in [-0.3, -0.25) is 15.0 Å². The van der Waals surface area contributed by atoms with E-state index >= 15 is 0 Å². The molecule has 0 saturated heterocycles. The van der Waals surface area contributed by atoms with Crippen molar-refractivity contribution in [3.05, 3.63) is 39.4 Å². The van der Waals surface area contributed by atoms with E-state index in [1.807, 2.05) is 0 Å². The second-order valence-electron chi connectivity index (χ2n) is 2.86. The third-order valence-corrected chi connectivity index (χ3v) is 1.91. The molecule has 0 aliphatic rings. The van der Waals surface area contributed by atoms with Crippen molar-refractivity contribution in [2.24, 2.45) is 5.90 Å². The van der Waals surface area contributed by atoms with Gasteiger partial charge >= 0.3 is 0 Å². The second-order valence-corrected chi connectivity index (χ2v) is 2.86. The highest BCUT2D eigenvalue weighted by Gasteiger charge is 2.22. The van der Waals surface area contributed by atoms with Crippen LogP contribution in [0.1, 0.15) is 18.6 Å². The summed E-state index contributed by atoms with van der Waals surface area (Å²) in [6, 6.07) is 1.20. The Kier molecular flexibility index (Phi) is 3.28. The van der Waals surface area contributed by atoms with Crippen LogP contribution in [0.3, 0.4) is 0 Å². The van der Waals surface area contributed by atoms with Crippen LogP contribution in [-0.4, -0.2) is 4.92 Å². The molecule has 1 unspecified atom stereocenters. The van der Waals surface area contributed by atoms with Crippen LogP contribution in [0, 0.1) is 21.7 Å². The molecule has 0 amide bonds. The molecule has 0 saturated carbocycles. The van der Waals surface area contributed by atoms with Crippen molar-refractivity contribution in [1.82, 2.24) is 0 Å². The number of hydrogen-bond donors (Lipinski definition) is 1. The van der Waals surface area contributed by atoms with E-state index in [2.05, 4.69) is 4.84 Å². The Morgan fingerprint density at radius 3 is 2.47 bits per heavy atom. The Bertz CT molecular complexity index is 398. The first-order valence-corrected chi connectivity index (χ1v) is 3.96. The fourth-order valence-electron chi connectivity index (χ4n) is 1.11. The van der Waals surface area contributed by atoms with Crippen LogP contribution in [0.25, 0.3) is 0 Å². The molecule has 0 heterocycles. The van der Waals surface area contributed by atoms with E-state index in [0.29, 0.717) is 12.1 Å². The van der Waals surface area contributed by atoms with Gasteiger partial charge < -0.3 is 0 Å². The molecule has 0 fully saturated rings. The third kappa shape index (κ3) is 2.25. The number of benzene rings is 1. The fourth-order valence-corrected chi connectivity index (χ4v) is 1.11. The molecule has 1 atom stereocenters. The molecule has 1 aromatic carbocycles. The van der Waals surface area contributed by atoms with E-state index < -0.39 is 28.3 Å². The summed E-state index contributed by atoms with van der Waals surface area (Å²) in [7, 11) is 0. The molecular formula is C8H8F2N2O3. The van der Waals surface area contributed by atoms with Crippen LogP contribution in [-0.2, 0) is 4.84 Å². The van der Waals surface area contributed by atoms with Gasteiger partial charge in [-0.15, -0.1) is 0 Å². The van der Waals surface area contributed by atoms with Crippen molar-refractivity contribution in [2.45, 2.75) is 13.0 Å². The van der Waals surface area contributed by atoms with Crippen molar-refractivity contribution in [2.75, 3.05) is 0 Å². The summed E-state index contributed by atoms with van der Waals surface area (Å²) in [5, 5.41) is 10.5. The Balaban J connectivity index is 3.34. The van der Waals surface area contributed by atoms with Crippen molar-refractivity contribution in [1.29, 1.82) is 0 Å². The highest BCUT2D eigenvalue weighted by atomic mass is 19.2. The average molecular weight is 218 g/mol. The molecule has 0 aliphatic carbocycles. The molecule has 2 N–H and O–H groups in total. The van der Waals surface area contributed by atoms with Gasteiger partial charge in [-0.2, -0.15) is 0 Å². The SMILES string of the molecule is CC(ON)c1cc(F)c(F)cc1[N+](=O)[O-]. The summed E-state index contributed by atoms with van der Waals surface area (Å²) in [6.45, 7) is 1.39. The van der Waals surface area contributed by atoms with Gasteiger partial charge in [0.05, 0.1) is 16.6 Å². The molecule has 15 heavy (non-hydrogen) atoms. The molecular weight excluding hydrogens is 210 g/mol. The minimum Gasteiger partial charge on any atom is -0.297 e. The summed E-state index contributed by atoms with van der Waals surface area (Å²) in [6.07, 6.45) is -0.888. The lowest BCUT2D eigenvalue weighted by Gasteiger charge is -2.09. The number of nitro groups is 1. The zero-order valence-corrected chi connectivity index (χ0v) is 7.74. The molecule has 0 bridgehead atoms. The number of nitro benzene ring substituents is 1. The molecule has 0 radical (unpaired) electrons. The van der Waals surface area contributed by atoms with Crippen molar-refractivity contribution in [3.8, 4) is 0 Å². The van der Waals surface area contributed by atoms with Crippen LogP contribution in [0.4, 0.5) is 14.5 Å². The maximum absolute atomic E-state index is 12.8. The Morgan fingerprint density at radius 2 is 2.00 bits per heavy atom. The van der Waals surface area contributed by atoms with E-state index in [0.717, 1.165) is 0 Å². The zero-order chi connectivity index (χ0) is 11.6. The number of nitrogens with zero attached hydrogens (tertiary/aromatic N) is 1. The first-order chi connectivity index (χ1) is 6.97. The average Bonchev–Trinajstić information content (AvgIpc) is 2.20. The minimum atomic E-state index is -1.28. The third-order valence-electron chi connectivity index (χ3n) is 1.91. The van der Waals surface area contributed by atoms with Crippen molar-refractivity contribution < 1.29 is 18.5 Å². The van der Waals surface area contributed by atoms with E-state index in [1.165, 1.54) is 6.92 Å². The smallest absolute Gasteiger partial charge is 0.278 e. The van der Waals surface area contributed by atoms with E-state index in [4.69, 9.17) is 5.90 Å². The van der Waals surface area contributed by atoms with Crippen LogP contribution in [0.5, 0.6) is 0 Å². The predicted octanol–water partition coefficient (Wildman–Crippen LogP) is 1.82. The minimum absolute atomic E-state index is 0.110. The highest BCUT2D eigenvalue weighted by molar-refractivity contribution is 5.42. The quantitative estimate of drug-likeness (QED) is 0.620. The number of halogens is 2. The molecule has 7 heteroatoms. The van der Waals surface area contributed by atoms with E-state index in [1.54, 1.807) is 0 Å². The standard InChI is InChI=1S/C8H8F2N2O3/c1-4(15-11)5-2-6(9)7(10)3-8(5)12(13)14/h2-4H,11H2,1H3. The lowest BCUT2D eigenvalue weighted by molar-refractivity contribution is -0.386. The Hall–Kier alpha value is -1.60. The molecule has 0 aliphatic heterocycles. The predicted molar refractivity (Wildman–Crippen MR) is 46.7 cm³/mol. The first-order valence-electron chi connectivity index (χ1n) is 3.96. The van der Waals surface area contributed by atoms with Gasteiger partial charge in [0.25, 0.3) is 5.69 Å². The normalized spacial score (nSPS) is 12.5. The van der Waals surface area contributed by atoms with Gasteiger partial charge in [0, 0.05) is 0 Å². The lowest BCUT2D eigenvalue weighted by Crippen LogP contribution is -2.09. The molecule has 0 aromatic heterocycles. The molecule has 82 valence electrons. The Morgan fingerprint density at radius 1 is 1.47 bits per heavy atom. The first kappa shape index (κ1) is 11.5. The van der Waals surface area contributed by atoms with Gasteiger partial charge in [0.1, 0.15) is 6.10 Å². The summed E-state index contributed by atoms with van der Waals surface area (Å²) < 4.78 is 25.6. The molecule has 5 nitrogen and oxygen atoms in total. The lowest BCUT2D eigenvalue weighted by atomic mass is 10.1. The van der Waals surface area contributed by atoms with Crippen molar-refractivity contribution in [3.63, 3.8) is 0 Å². The van der Waals surface area contributed by atoms with Gasteiger partial charge in [0.15, 0.2) is 11.6 Å². The Labute approximate surface area is 83.6 Å². The molecule has 1 aromatic rings. The zero-order valence-electron chi connectivity index (χ0n) is 7.74. The summed E-state index contributed by atoms with van der Waals surface area (Å²) in [4.78, 5) is 14.0. The highest BCUT2D eigenvalue weighted by Crippen LogP contribution is 2.28. The van der Waals surface area contributed by atoms with E-state index in [9.17, 15) is 18.9 Å². The topological polar surface area (TPSA) is 78.4 Å². The summed E-state index contributed by atoms with van der Waals surface area (Å²) >= 11 is 0. The van der Waals surface area contributed by atoms with Gasteiger partial charge in [-0.05, 0) is 13.0 Å². The monoisotopic (exact) mass is 218 g/mol. The van der Waals surface area contributed by atoms with Gasteiger partial charge in [-0.1, -0.05) is 0 Å².